The highest BCUT2D eigenvalue weighted by Crippen LogP contribution is 2.26. The molecule has 1 atom stereocenters. The van der Waals surface area contributed by atoms with E-state index >= 15 is 0 Å². The third-order valence-electron chi connectivity index (χ3n) is 2.98. The Kier molecular flexibility index (Phi) is 4.31. The molecule has 19 heavy (non-hydrogen) atoms. The maximum Gasteiger partial charge on any atom is 0.141 e. The molecular weight excluding hydrogens is 313 g/mol. The van der Waals surface area contributed by atoms with E-state index in [-0.39, 0.29) is 0 Å². The highest BCUT2D eigenvalue weighted by Gasteiger charge is 2.18. The molecule has 0 fully saturated rings. The van der Waals surface area contributed by atoms with Crippen LogP contribution in [0.25, 0.3) is 0 Å². The Labute approximate surface area is 119 Å². The van der Waals surface area contributed by atoms with Crippen LogP contribution in [0.2, 0.25) is 0 Å². The maximum atomic E-state index is 12.8. The molecule has 2 aromatic rings. The Morgan fingerprint density at radius 2 is 2.21 bits per heavy atom. The molecular formula is C13H15BrFN3O. The van der Waals surface area contributed by atoms with E-state index in [0.717, 1.165) is 28.5 Å². The van der Waals surface area contributed by atoms with Gasteiger partial charge in [-0.15, -0.1) is 0 Å². The van der Waals surface area contributed by atoms with Crippen LogP contribution in [0, 0.1) is 5.82 Å². The Morgan fingerprint density at radius 1 is 1.47 bits per heavy atom. The average molecular weight is 328 g/mol. The molecule has 0 amide bonds. The van der Waals surface area contributed by atoms with Crippen LogP contribution in [0.5, 0.6) is 0 Å². The minimum atomic E-state index is -0.781. The highest BCUT2D eigenvalue weighted by molar-refractivity contribution is 9.10. The fourth-order valence-electron chi connectivity index (χ4n) is 1.91. The number of nitrogens with zero attached hydrogens (tertiary/aromatic N) is 3. The van der Waals surface area contributed by atoms with Gasteiger partial charge in [0.25, 0.3) is 0 Å². The van der Waals surface area contributed by atoms with Crippen LogP contribution >= 0.6 is 15.9 Å². The van der Waals surface area contributed by atoms with Crippen molar-refractivity contribution in [3.05, 3.63) is 45.7 Å². The first-order valence-corrected chi connectivity index (χ1v) is 6.82. The summed E-state index contributed by atoms with van der Waals surface area (Å²) in [5.74, 6) is -0.411. The lowest BCUT2D eigenvalue weighted by atomic mass is 10.1. The van der Waals surface area contributed by atoms with Gasteiger partial charge in [0.15, 0.2) is 0 Å². The molecule has 0 spiro atoms. The third-order valence-corrected chi connectivity index (χ3v) is 3.90. The van der Waals surface area contributed by atoms with Gasteiger partial charge in [0, 0.05) is 13.5 Å². The molecule has 1 N–H and O–H groups in total. The Bertz CT molecular complexity index is 568. The molecule has 6 heteroatoms. The summed E-state index contributed by atoms with van der Waals surface area (Å²) in [7, 11) is 1.84. The number of aliphatic hydroxyl groups excluding tert-OH is 1. The summed E-state index contributed by atoms with van der Waals surface area (Å²) in [5.41, 5.74) is 2.31. The number of hydrogen-bond acceptors (Lipinski definition) is 3. The van der Waals surface area contributed by atoms with Crippen molar-refractivity contribution in [1.29, 1.82) is 0 Å². The number of halogens is 2. The normalized spacial score (nSPS) is 12.7. The Morgan fingerprint density at radius 3 is 2.74 bits per heavy atom. The standard InChI is InChI=1S/C13H15BrFN3O/c1-3-9-13(14)11(18(2)17-9)6-12(19)10-5-4-8(15)7-16-10/h4-5,7,12,19H,3,6H2,1-2H3. The number of aryl methyl sites for hydroxylation is 2. The van der Waals surface area contributed by atoms with Gasteiger partial charge in [0.05, 0.1) is 27.8 Å². The third kappa shape index (κ3) is 3.01. The van der Waals surface area contributed by atoms with Crippen LogP contribution < -0.4 is 0 Å². The molecule has 0 bridgehead atoms. The van der Waals surface area contributed by atoms with Gasteiger partial charge in [-0.3, -0.25) is 9.67 Å². The van der Waals surface area contributed by atoms with Gasteiger partial charge in [-0.2, -0.15) is 5.10 Å². The van der Waals surface area contributed by atoms with Crippen LogP contribution in [0.3, 0.4) is 0 Å². The first kappa shape index (κ1) is 14.1. The topological polar surface area (TPSA) is 50.9 Å². The van der Waals surface area contributed by atoms with Crippen LogP contribution in [0.4, 0.5) is 4.39 Å². The molecule has 2 rings (SSSR count). The van der Waals surface area contributed by atoms with Crippen molar-refractivity contribution in [2.24, 2.45) is 7.05 Å². The summed E-state index contributed by atoms with van der Waals surface area (Å²) in [4.78, 5) is 3.89. The van der Waals surface area contributed by atoms with Crippen molar-refractivity contribution in [1.82, 2.24) is 14.8 Å². The fraction of sp³-hybridized carbons (Fsp3) is 0.385. The number of aliphatic hydroxyl groups is 1. The monoisotopic (exact) mass is 327 g/mol. The van der Waals surface area contributed by atoms with Gasteiger partial charge >= 0.3 is 0 Å². The van der Waals surface area contributed by atoms with Crippen LogP contribution in [-0.4, -0.2) is 19.9 Å². The highest BCUT2D eigenvalue weighted by atomic mass is 79.9. The first-order chi connectivity index (χ1) is 9.02. The van der Waals surface area contributed by atoms with E-state index in [9.17, 15) is 9.50 Å². The second kappa shape index (κ2) is 5.79. The zero-order chi connectivity index (χ0) is 14.0. The molecule has 0 aliphatic rings. The maximum absolute atomic E-state index is 12.8. The van der Waals surface area contributed by atoms with Gasteiger partial charge in [0.1, 0.15) is 11.9 Å². The largest absolute Gasteiger partial charge is 0.386 e. The quantitative estimate of drug-likeness (QED) is 0.938. The van der Waals surface area contributed by atoms with E-state index in [0.29, 0.717) is 12.1 Å². The summed E-state index contributed by atoms with van der Waals surface area (Å²) < 4.78 is 15.4. The molecule has 2 aromatic heterocycles. The zero-order valence-electron chi connectivity index (χ0n) is 10.8. The number of hydrogen-bond donors (Lipinski definition) is 1. The molecule has 0 aliphatic heterocycles. The van der Waals surface area contributed by atoms with E-state index in [1.807, 2.05) is 14.0 Å². The lowest BCUT2D eigenvalue weighted by Gasteiger charge is -2.10. The van der Waals surface area contributed by atoms with Crippen molar-refractivity contribution in [2.45, 2.75) is 25.9 Å². The van der Waals surface area contributed by atoms with Crippen molar-refractivity contribution in [3.8, 4) is 0 Å². The Hall–Kier alpha value is -1.27. The summed E-state index contributed by atoms with van der Waals surface area (Å²) >= 11 is 3.50. The second-order valence-electron chi connectivity index (χ2n) is 4.31. The van der Waals surface area contributed by atoms with Gasteiger partial charge in [-0.25, -0.2) is 4.39 Å². The average Bonchev–Trinajstić information content (AvgIpc) is 2.67. The van der Waals surface area contributed by atoms with E-state index in [4.69, 9.17) is 0 Å². The predicted octanol–water partition coefficient (Wildman–Crippen LogP) is 2.56. The van der Waals surface area contributed by atoms with Crippen molar-refractivity contribution >= 4 is 15.9 Å². The zero-order valence-corrected chi connectivity index (χ0v) is 12.4. The molecule has 1 unspecified atom stereocenters. The van der Waals surface area contributed by atoms with Gasteiger partial charge in [-0.1, -0.05) is 6.92 Å². The summed E-state index contributed by atoms with van der Waals surface area (Å²) in [6, 6.07) is 2.78. The van der Waals surface area contributed by atoms with Crippen LogP contribution in [-0.2, 0) is 19.9 Å². The molecule has 0 saturated carbocycles. The molecule has 4 nitrogen and oxygen atoms in total. The summed E-state index contributed by atoms with van der Waals surface area (Å²) in [6.45, 7) is 2.02. The van der Waals surface area contributed by atoms with Gasteiger partial charge < -0.3 is 5.11 Å². The SMILES string of the molecule is CCc1nn(C)c(CC(O)c2ccc(F)cn2)c1Br. The smallest absolute Gasteiger partial charge is 0.141 e. The van der Waals surface area contributed by atoms with Crippen molar-refractivity contribution < 1.29 is 9.50 Å². The fourth-order valence-corrected chi connectivity index (χ4v) is 2.69. The molecule has 0 radical (unpaired) electrons. The minimum Gasteiger partial charge on any atom is -0.386 e. The van der Waals surface area contributed by atoms with Gasteiger partial charge in [0.2, 0.25) is 0 Å². The van der Waals surface area contributed by atoms with Crippen LogP contribution in [0.15, 0.2) is 22.8 Å². The number of aromatic nitrogens is 3. The second-order valence-corrected chi connectivity index (χ2v) is 5.10. The van der Waals surface area contributed by atoms with Crippen LogP contribution in [0.1, 0.15) is 30.1 Å². The van der Waals surface area contributed by atoms with E-state index in [1.54, 1.807) is 4.68 Å². The predicted molar refractivity (Wildman–Crippen MR) is 73.1 cm³/mol. The van der Waals surface area contributed by atoms with Crippen molar-refractivity contribution in [3.63, 3.8) is 0 Å². The van der Waals surface area contributed by atoms with Crippen molar-refractivity contribution in [2.75, 3.05) is 0 Å². The molecule has 102 valence electrons. The minimum absolute atomic E-state index is 0.378. The lowest BCUT2D eigenvalue weighted by Crippen LogP contribution is -2.08. The Balaban J connectivity index is 2.21. The molecule has 0 aliphatic carbocycles. The van der Waals surface area contributed by atoms with E-state index in [2.05, 4.69) is 26.0 Å². The molecule has 2 heterocycles. The van der Waals surface area contributed by atoms with E-state index < -0.39 is 11.9 Å². The number of pyridine rings is 1. The van der Waals surface area contributed by atoms with E-state index in [1.165, 1.54) is 12.1 Å². The molecule has 0 saturated heterocycles. The first-order valence-electron chi connectivity index (χ1n) is 6.02. The number of rotatable bonds is 4. The van der Waals surface area contributed by atoms with Gasteiger partial charge in [-0.05, 0) is 34.5 Å². The lowest BCUT2D eigenvalue weighted by molar-refractivity contribution is 0.170. The summed E-state index contributed by atoms with van der Waals surface area (Å²) in [6.07, 6.45) is 1.52. The molecule has 0 aromatic carbocycles. The summed E-state index contributed by atoms with van der Waals surface area (Å²) in [5, 5.41) is 14.5.